The van der Waals surface area contributed by atoms with Crippen molar-refractivity contribution in [2.75, 3.05) is 6.67 Å². The van der Waals surface area contributed by atoms with Crippen LogP contribution in [0.4, 0.5) is 9.18 Å². The molecule has 6 nitrogen and oxygen atoms in total. The zero-order valence-electron chi connectivity index (χ0n) is 14.7. The van der Waals surface area contributed by atoms with Crippen LogP contribution in [-0.4, -0.2) is 39.8 Å². The molecule has 2 rings (SSSR count). The van der Waals surface area contributed by atoms with Crippen LogP contribution in [0.1, 0.15) is 29.5 Å². The van der Waals surface area contributed by atoms with Gasteiger partial charge >= 0.3 is 6.09 Å². The number of hydrogen-bond donors (Lipinski definition) is 4. The number of carbonyl (C=O) groups excluding carboxylic acids is 1. The summed E-state index contributed by atoms with van der Waals surface area (Å²) in [7, 11) is 0. The van der Waals surface area contributed by atoms with E-state index in [1.54, 1.807) is 31.2 Å². The molecule has 1 heterocycles. The average Bonchev–Trinajstić information content (AvgIpc) is 3.15. The number of carbonyl (C=O) groups is 2. The van der Waals surface area contributed by atoms with Crippen LogP contribution in [0.25, 0.3) is 10.4 Å². The number of alkyl halides is 3. The van der Waals surface area contributed by atoms with Gasteiger partial charge in [-0.15, -0.1) is 11.3 Å². The molecule has 3 atom stereocenters. The minimum absolute atomic E-state index is 0.334. The summed E-state index contributed by atoms with van der Waals surface area (Å²) in [6.07, 6.45) is -2.36. The van der Waals surface area contributed by atoms with E-state index in [1.165, 1.54) is 11.3 Å². The van der Waals surface area contributed by atoms with Gasteiger partial charge in [0, 0.05) is 9.75 Å². The molecule has 0 spiro atoms. The molecular formula is C18H19Cl2FN2O4S. The number of thiophene rings is 1. The molecular weight excluding hydrogens is 430 g/mol. The number of nitrogens with one attached hydrogen (secondary N) is 2. The van der Waals surface area contributed by atoms with Gasteiger partial charge in [-0.3, -0.25) is 4.79 Å². The molecule has 1 aromatic carbocycles. The minimum Gasteiger partial charge on any atom is -0.465 e. The Hall–Kier alpha value is -1.87. The quantitative estimate of drug-likeness (QED) is 0.458. The summed E-state index contributed by atoms with van der Waals surface area (Å²) in [5, 5.41) is 23.8. The normalized spacial score (nSPS) is 14.4. The van der Waals surface area contributed by atoms with Gasteiger partial charge in [-0.05, 0) is 30.2 Å². The first-order chi connectivity index (χ1) is 13.2. The predicted octanol–water partition coefficient (Wildman–Crippen LogP) is 4.04. The van der Waals surface area contributed by atoms with Gasteiger partial charge in [0.05, 0.1) is 12.1 Å². The number of aliphatic hydroxyl groups is 1. The Morgan fingerprint density at radius 3 is 2.32 bits per heavy atom. The summed E-state index contributed by atoms with van der Waals surface area (Å²) >= 11 is 12.3. The molecule has 0 radical (unpaired) electrons. The number of halogens is 3. The van der Waals surface area contributed by atoms with Gasteiger partial charge in [-0.2, -0.15) is 0 Å². The lowest BCUT2D eigenvalue weighted by molar-refractivity contribution is -0.121. The van der Waals surface area contributed by atoms with Gasteiger partial charge in [0.1, 0.15) is 12.8 Å². The van der Waals surface area contributed by atoms with Crippen molar-refractivity contribution in [3.05, 3.63) is 46.8 Å². The molecule has 0 aliphatic rings. The highest BCUT2D eigenvalue weighted by Gasteiger charge is 2.25. The zero-order valence-corrected chi connectivity index (χ0v) is 17.1. The van der Waals surface area contributed by atoms with E-state index in [0.29, 0.717) is 5.56 Å². The van der Waals surface area contributed by atoms with E-state index >= 15 is 0 Å². The highest BCUT2D eigenvalue weighted by Crippen LogP contribution is 2.32. The van der Waals surface area contributed by atoms with Crippen LogP contribution in [0.2, 0.25) is 0 Å². The van der Waals surface area contributed by atoms with Gasteiger partial charge < -0.3 is 20.8 Å². The van der Waals surface area contributed by atoms with E-state index in [2.05, 4.69) is 10.6 Å². The summed E-state index contributed by atoms with van der Waals surface area (Å²) in [5.74, 6) is -0.781. The zero-order chi connectivity index (χ0) is 20.8. The van der Waals surface area contributed by atoms with Gasteiger partial charge in [0.25, 0.3) is 5.91 Å². The fourth-order valence-electron chi connectivity index (χ4n) is 2.52. The lowest BCUT2D eigenvalue weighted by Gasteiger charge is -2.22. The lowest BCUT2D eigenvalue weighted by atomic mass is 10.0. The van der Waals surface area contributed by atoms with E-state index in [4.69, 9.17) is 28.3 Å². The van der Waals surface area contributed by atoms with Gasteiger partial charge in [0.15, 0.2) is 4.84 Å². The monoisotopic (exact) mass is 448 g/mol. The van der Waals surface area contributed by atoms with Crippen LogP contribution in [-0.2, 0) is 4.79 Å². The van der Waals surface area contributed by atoms with Crippen molar-refractivity contribution in [3.63, 3.8) is 0 Å². The van der Waals surface area contributed by atoms with Crippen LogP contribution in [0.15, 0.2) is 36.4 Å². The van der Waals surface area contributed by atoms with E-state index in [1.807, 2.05) is 12.1 Å². The molecule has 0 bridgehead atoms. The molecule has 0 aliphatic heterocycles. The standard InChI is InChI=1S/C18H19Cl2FN2O4S/c1-9(22-18(26)27)13-6-7-14(28-13)10-2-4-11(5-3-10)15(24)12(8-21)23-17(25)16(19)20/h2-7,9,12,15-16,22,24H,8H2,1H3,(H,23,25)(H,26,27)/t9?,12-,15-/m1/s1. The first-order valence-corrected chi connectivity index (χ1v) is 9.94. The van der Waals surface area contributed by atoms with Gasteiger partial charge in [0.2, 0.25) is 0 Å². The maximum absolute atomic E-state index is 13.2. The molecule has 0 fully saturated rings. The fraction of sp³-hybridized carbons (Fsp3) is 0.333. The predicted molar refractivity (Wildman–Crippen MR) is 108 cm³/mol. The first-order valence-electron chi connectivity index (χ1n) is 8.25. The molecule has 2 aromatic rings. The Bertz CT molecular complexity index is 816. The maximum Gasteiger partial charge on any atom is 0.405 e. The summed E-state index contributed by atoms with van der Waals surface area (Å²) in [4.78, 5) is 22.7. The largest absolute Gasteiger partial charge is 0.465 e. The summed E-state index contributed by atoms with van der Waals surface area (Å²) in [6, 6.07) is 8.98. The number of benzene rings is 1. The van der Waals surface area contributed by atoms with Crippen LogP contribution < -0.4 is 10.6 Å². The van der Waals surface area contributed by atoms with Crippen LogP contribution in [0, 0.1) is 0 Å². The summed E-state index contributed by atoms with van der Waals surface area (Å²) < 4.78 is 13.2. The first kappa shape index (κ1) is 22.4. The van der Waals surface area contributed by atoms with E-state index in [0.717, 1.165) is 15.3 Å². The number of carboxylic acid groups (broad SMARTS) is 1. The van der Waals surface area contributed by atoms with E-state index in [9.17, 15) is 19.1 Å². The number of aliphatic hydroxyl groups excluding tert-OH is 1. The smallest absolute Gasteiger partial charge is 0.405 e. The fourth-order valence-corrected chi connectivity index (χ4v) is 3.66. The highest BCUT2D eigenvalue weighted by molar-refractivity contribution is 7.15. The number of rotatable bonds is 8. The maximum atomic E-state index is 13.2. The molecule has 0 saturated heterocycles. The molecule has 0 saturated carbocycles. The van der Waals surface area contributed by atoms with Crippen LogP contribution in [0.3, 0.4) is 0 Å². The molecule has 10 heteroatoms. The molecule has 4 N–H and O–H groups in total. The van der Waals surface area contributed by atoms with Crippen LogP contribution in [0.5, 0.6) is 0 Å². The van der Waals surface area contributed by atoms with E-state index < -0.39 is 35.7 Å². The third kappa shape index (κ3) is 5.81. The second-order valence-electron chi connectivity index (χ2n) is 6.01. The Labute approximate surface area is 175 Å². The molecule has 28 heavy (non-hydrogen) atoms. The average molecular weight is 449 g/mol. The number of hydrogen-bond acceptors (Lipinski definition) is 4. The molecule has 0 aliphatic carbocycles. The summed E-state index contributed by atoms with van der Waals surface area (Å²) in [6.45, 7) is 0.763. The summed E-state index contributed by atoms with van der Waals surface area (Å²) in [5.41, 5.74) is 1.28. The Kier molecular flexibility index (Phi) is 8.06. The van der Waals surface area contributed by atoms with Gasteiger partial charge in [-0.1, -0.05) is 47.5 Å². The van der Waals surface area contributed by atoms with Crippen molar-refractivity contribution in [2.24, 2.45) is 0 Å². The molecule has 1 aromatic heterocycles. The second-order valence-corrected chi connectivity index (χ2v) is 8.22. The number of amides is 2. The molecule has 2 amide bonds. The Morgan fingerprint density at radius 1 is 1.14 bits per heavy atom. The van der Waals surface area contributed by atoms with Crippen LogP contribution >= 0.6 is 34.5 Å². The molecule has 1 unspecified atom stereocenters. The van der Waals surface area contributed by atoms with Crippen molar-refractivity contribution in [2.45, 2.75) is 29.9 Å². The third-order valence-electron chi connectivity index (χ3n) is 4.00. The minimum atomic E-state index is -1.35. The van der Waals surface area contributed by atoms with Crippen molar-refractivity contribution >= 4 is 46.5 Å². The van der Waals surface area contributed by atoms with Crippen molar-refractivity contribution in [1.82, 2.24) is 10.6 Å². The van der Waals surface area contributed by atoms with Crippen molar-refractivity contribution < 1.29 is 24.2 Å². The highest BCUT2D eigenvalue weighted by atomic mass is 35.5. The third-order valence-corrected chi connectivity index (χ3v) is 5.72. The van der Waals surface area contributed by atoms with Gasteiger partial charge in [-0.25, -0.2) is 9.18 Å². The topological polar surface area (TPSA) is 98.7 Å². The Morgan fingerprint density at radius 2 is 1.79 bits per heavy atom. The van der Waals surface area contributed by atoms with Crippen molar-refractivity contribution in [3.8, 4) is 10.4 Å². The second kappa shape index (κ2) is 10.1. The van der Waals surface area contributed by atoms with E-state index in [-0.39, 0.29) is 6.04 Å². The lowest BCUT2D eigenvalue weighted by Crippen LogP contribution is -2.43. The van der Waals surface area contributed by atoms with Crippen molar-refractivity contribution in [1.29, 1.82) is 0 Å². The SMILES string of the molecule is CC(NC(=O)O)c1ccc(-c2ccc([C@@H](O)[C@@H](CF)NC(=O)C(Cl)Cl)cc2)s1. The molecule has 152 valence electrons. The Balaban J connectivity index is 2.11.